The number of hydrogen-bond acceptors (Lipinski definition) is 3. The zero-order chi connectivity index (χ0) is 16.8. The molecule has 2 rings (SSSR count). The molecule has 0 fully saturated rings. The number of furan rings is 1. The Kier molecular flexibility index (Phi) is 5.57. The smallest absolute Gasteiger partial charge is 0.312 e. The lowest BCUT2D eigenvalue weighted by molar-refractivity contribution is -0.138. The number of amides is 1. The number of nitrogens with one attached hydrogen (secondary N) is 1. The molecule has 0 saturated heterocycles. The van der Waals surface area contributed by atoms with Gasteiger partial charge in [0.1, 0.15) is 5.76 Å². The number of rotatable bonds is 7. The topological polar surface area (TPSA) is 79.5 Å². The Morgan fingerprint density at radius 2 is 1.87 bits per heavy atom. The molecule has 122 valence electrons. The molecule has 0 spiro atoms. The molecule has 5 heteroatoms. The molecule has 1 atom stereocenters. The lowest BCUT2D eigenvalue weighted by Gasteiger charge is -2.13. The second kappa shape index (κ2) is 7.63. The molecule has 0 aliphatic rings. The SMILES string of the molecule is CCc1cc(C(=O)NCC(C(=O)O)c2ccccc2)oc1CC. The number of hydrogen-bond donors (Lipinski definition) is 2. The number of carboxylic acids is 1. The first-order chi connectivity index (χ1) is 11.1. The highest BCUT2D eigenvalue weighted by atomic mass is 16.4. The highest BCUT2D eigenvalue weighted by molar-refractivity contribution is 5.92. The first-order valence-corrected chi connectivity index (χ1v) is 7.74. The minimum absolute atomic E-state index is 0.0157. The van der Waals surface area contributed by atoms with Crippen LogP contribution in [0.1, 0.15) is 47.2 Å². The second-order valence-corrected chi connectivity index (χ2v) is 5.28. The van der Waals surface area contributed by atoms with E-state index in [0.717, 1.165) is 24.2 Å². The van der Waals surface area contributed by atoms with Crippen molar-refractivity contribution in [3.05, 3.63) is 59.0 Å². The van der Waals surface area contributed by atoms with Crippen LogP contribution in [0.2, 0.25) is 0 Å². The van der Waals surface area contributed by atoms with Crippen molar-refractivity contribution in [1.82, 2.24) is 5.32 Å². The molecule has 5 nitrogen and oxygen atoms in total. The fourth-order valence-corrected chi connectivity index (χ4v) is 2.49. The monoisotopic (exact) mass is 315 g/mol. The summed E-state index contributed by atoms with van der Waals surface area (Å²) >= 11 is 0. The van der Waals surface area contributed by atoms with Crippen molar-refractivity contribution in [3.8, 4) is 0 Å². The summed E-state index contributed by atoms with van der Waals surface area (Å²) in [5.41, 5.74) is 1.67. The summed E-state index contributed by atoms with van der Waals surface area (Å²) in [6.45, 7) is 3.99. The van der Waals surface area contributed by atoms with E-state index in [9.17, 15) is 14.7 Å². The van der Waals surface area contributed by atoms with Crippen molar-refractivity contribution in [3.63, 3.8) is 0 Å². The molecule has 0 aliphatic carbocycles. The third kappa shape index (κ3) is 4.00. The summed E-state index contributed by atoms with van der Waals surface area (Å²) in [7, 11) is 0. The van der Waals surface area contributed by atoms with E-state index in [1.165, 1.54) is 0 Å². The van der Waals surface area contributed by atoms with Gasteiger partial charge < -0.3 is 14.8 Å². The Balaban J connectivity index is 2.07. The first kappa shape index (κ1) is 16.8. The summed E-state index contributed by atoms with van der Waals surface area (Å²) in [6.07, 6.45) is 1.51. The van der Waals surface area contributed by atoms with Gasteiger partial charge in [-0.3, -0.25) is 9.59 Å². The minimum atomic E-state index is -0.973. The van der Waals surface area contributed by atoms with Crippen LogP contribution in [-0.2, 0) is 17.6 Å². The number of aliphatic carboxylic acids is 1. The molecule has 2 N–H and O–H groups in total. The zero-order valence-corrected chi connectivity index (χ0v) is 13.3. The normalized spacial score (nSPS) is 11.9. The van der Waals surface area contributed by atoms with Gasteiger partial charge in [0.2, 0.25) is 0 Å². The van der Waals surface area contributed by atoms with Gasteiger partial charge in [-0.05, 0) is 23.6 Å². The van der Waals surface area contributed by atoms with E-state index in [0.29, 0.717) is 5.56 Å². The third-order valence-electron chi connectivity index (χ3n) is 3.79. The molecule has 1 aromatic carbocycles. The van der Waals surface area contributed by atoms with Crippen molar-refractivity contribution in [2.75, 3.05) is 6.54 Å². The van der Waals surface area contributed by atoms with Crippen LogP contribution in [0.4, 0.5) is 0 Å². The van der Waals surface area contributed by atoms with Crippen molar-refractivity contribution in [1.29, 1.82) is 0 Å². The minimum Gasteiger partial charge on any atom is -0.481 e. The molecule has 2 aromatic rings. The van der Waals surface area contributed by atoms with Crippen LogP contribution in [0.5, 0.6) is 0 Å². The van der Waals surface area contributed by atoms with Crippen LogP contribution >= 0.6 is 0 Å². The summed E-state index contributed by atoms with van der Waals surface area (Å²) in [5, 5.41) is 12.0. The molecule has 1 aromatic heterocycles. The predicted molar refractivity (Wildman–Crippen MR) is 86.6 cm³/mol. The number of aryl methyl sites for hydroxylation is 2. The summed E-state index contributed by atoms with van der Waals surface area (Å²) in [4.78, 5) is 23.6. The van der Waals surface area contributed by atoms with Gasteiger partial charge in [-0.15, -0.1) is 0 Å². The first-order valence-electron chi connectivity index (χ1n) is 7.74. The van der Waals surface area contributed by atoms with Crippen LogP contribution in [0.25, 0.3) is 0 Å². The second-order valence-electron chi connectivity index (χ2n) is 5.28. The number of benzene rings is 1. The van der Waals surface area contributed by atoms with Crippen molar-refractivity contribution >= 4 is 11.9 Å². The number of carboxylic acid groups (broad SMARTS) is 1. The molecule has 1 heterocycles. The van der Waals surface area contributed by atoms with E-state index < -0.39 is 11.9 Å². The Hall–Kier alpha value is -2.56. The van der Waals surface area contributed by atoms with Gasteiger partial charge >= 0.3 is 5.97 Å². The molecular weight excluding hydrogens is 294 g/mol. The molecule has 0 radical (unpaired) electrons. The Morgan fingerprint density at radius 3 is 2.39 bits per heavy atom. The van der Waals surface area contributed by atoms with E-state index >= 15 is 0 Å². The Bertz CT molecular complexity index is 654. The van der Waals surface area contributed by atoms with Crippen LogP contribution in [-0.4, -0.2) is 23.5 Å². The summed E-state index contributed by atoms with van der Waals surface area (Å²) < 4.78 is 5.56. The van der Waals surface area contributed by atoms with E-state index in [1.807, 2.05) is 19.9 Å². The number of carbonyl (C=O) groups is 2. The standard InChI is InChI=1S/C18H21NO4/c1-3-12-10-16(23-15(12)4-2)17(20)19-11-14(18(21)22)13-8-6-5-7-9-13/h5-10,14H,3-4,11H2,1-2H3,(H,19,20)(H,21,22). The molecule has 23 heavy (non-hydrogen) atoms. The summed E-state index contributed by atoms with van der Waals surface area (Å²) in [6, 6.07) is 10.6. The molecule has 1 amide bonds. The van der Waals surface area contributed by atoms with Crippen LogP contribution in [0.15, 0.2) is 40.8 Å². The Morgan fingerprint density at radius 1 is 1.17 bits per heavy atom. The molecular formula is C18H21NO4. The van der Waals surface area contributed by atoms with Crippen LogP contribution in [0, 0.1) is 0 Å². The fraction of sp³-hybridized carbons (Fsp3) is 0.333. The summed E-state index contributed by atoms with van der Waals surface area (Å²) in [5.74, 6) is -1.11. The average Bonchev–Trinajstić information content (AvgIpc) is 2.99. The maximum Gasteiger partial charge on any atom is 0.312 e. The van der Waals surface area contributed by atoms with Crippen molar-refractivity contribution in [2.24, 2.45) is 0 Å². The maximum atomic E-state index is 12.2. The van der Waals surface area contributed by atoms with E-state index in [2.05, 4.69) is 5.32 Å². The van der Waals surface area contributed by atoms with Crippen molar-refractivity contribution < 1.29 is 19.1 Å². The quantitative estimate of drug-likeness (QED) is 0.823. The highest BCUT2D eigenvalue weighted by Gasteiger charge is 2.22. The van der Waals surface area contributed by atoms with Crippen LogP contribution < -0.4 is 5.32 Å². The Labute approximate surface area is 135 Å². The highest BCUT2D eigenvalue weighted by Crippen LogP contribution is 2.18. The lowest BCUT2D eigenvalue weighted by Crippen LogP contribution is -2.31. The van der Waals surface area contributed by atoms with Gasteiger partial charge in [0, 0.05) is 13.0 Å². The van der Waals surface area contributed by atoms with Crippen LogP contribution in [0.3, 0.4) is 0 Å². The van der Waals surface area contributed by atoms with E-state index in [4.69, 9.17) is 4.42 Å². The van der Waals surface area contributed by atoms with Gasteiger partial charge in [-0.2, -0.15) is 0 Å². The van der Waals surface area contributed by atoms with Gasteiger partial charge in [-0.1, -0.05) is 44.2 Å². The third-order valence-corrected chi connectivity index (χ3v) is 3.79. The molecule has 1 unspecified atom stereocenters. The van der Waals surface area contributed by atoms with Gasteiger partial charge in [-0.25, -0.2) is 0 Å². The van der Waals surface area contributed by atoms with Gasteiger partial charge in [0.25, 0.3) is 5.91 Å². The predicted octanol–water partition coefficient (Wildman–Crippen LogP) is 3.00. The van der Waals surface area contributed by atoms with Crippen molar-refractivity contribution in [2.45, 2.75) is 32.6 Å². The number of carbonyl (C=O) groups excluding carboxylic acids is 1. The molecule has 0 aliphatic heterocycles. The van der Waals surface area contributed by atoms with E-state index in [-0.39, 0.29) is 18.2 Å². The van der Waals surface area contributed by atoms with Gasteiger partial charge in [0.05, 0.1) is 5.92 Å². The maximum absolute atomic E-state index is 12.2. The fourth-order valence-electron chi connectivity index (χ4n) is 2.49. The average molecular weight is 315 g/mol. The lowest BCUT2D eigenvalue weighted by atomic mass is 9.99. The van der Waals surface area contributed by atoms with E-state index in [1.54, 1.807) is 30.3 Å². The molecule has 0 bridgehead atoms. The molecule has 0 saturated carbocycles. The largest absolute Gasteiger partial charge is 0.481 e. The van der Waals surface area contributed by atoms with Gasteiger partial charge in [0.15, 0.2) is 5.76 Å². The zero-order valence-electron chi connectivity index (χ0n) is 13.3.